The summed E-state index contributed by atoms with van der Waals surface area (Å²) in [6.07, 6.45) is 2.98. The van der Waals surface area contributed by atoms with Gasteiger partial charge in [0.1, 0.15) is 0 Å². The number of fused-ring (bicyclic) bond motifs is 1. The first kappa shape index (κ1) is 10.6. The number of pyridine rings is 1. The van der Waals surface area contributed by atoms with E-state index in [1.165, 1.54) is 7.11 Å². The standard InChI is InChI=1S/C11H12N2O3/c1-16-10(11(14)15)6-8-7-12-13-5-3-2-4-9(8)13/h2-5,7,10H,6H2,1H3,(H,14,15). The second-order valence-electron chi connectivity index (χ2n) is 3.47. The molecule has 1 N–H and O–H groups in total. The van der Waals surface area contributed by atoms with Crippen LogP contribution in [0, 0.1) is 0 Å². The molecule has 0 bridgehead atoms. The normalized spacial score (nSPS) is 12.8. The molecule has 0 aromatic carbocycles. The third-order valence-electron chi connectivity index (χ3n) is 2.47. The summed E-state index contributed by atoms with van der Waals surface area (Å²) < 4.78 is 6.61. The van der Waals surface area contributed by atoms with Crippen LogP contribution in [0.25, 0.3) is 5.52 Å². The van der Waals surface area contributed by atoms with Gasteiger partial charge in [0.25, 0.3) is 0 Å². The average molecular weight is 220 g/mol. The molecular weight excluding hydrogens is 208 g/mol. The van der Waals surface area contributed by atoms with Crippen LogP contribution in [-0.4, -0.2) is 33.9 Å². The summed E-state index contributed by atoms with van der Waals surface area (Å²) in [7, 11) is 1.39. The van der Waals surface area contributed by atoms with Crippen LogP contribution in [0.4, 0.5) is 0 Å². The Kier molecular flexibility index (Phi) is 2.87. The fraction of sp³-hybridized carbons (Fsp3) is 0.273. The van der Waals surface area contributed by atoms with Crippen molar-refractivity contribution in [3.63, 3.8) is 0 Å². The number of carboxylic acids is 1. The molecule has 0 spiro atoms. The van der Waals surface area contributed by atoms with Crippen LogP contribution in [0.15, 0.2) is 30.6 Å². The van der Waals surface area contributed by atoms with Crippen LogP contribution in [0.5, 0.6) is 0 Å². The molecule has 0 saturated heterocycles. The van der Waals surface area contributed by atoms with Crippen LogP contribution in [-0.2, 0) is 16.0 Å². The van der Waals surface area contributed by atoms with Crippen molar-refractivity contribution < 1.29 is 14.6 Å². The highest BCUT2D eigenvalue weighted by molar-refractivity contribution is 5.73. The zero-order valence-electron chi connectivity index (χ0n) is 8.83. The number of carboxylic acid groups (broad SMARTS) is 1. The summed E-state index contributed by atoms with van der Waals surface area (Å²) in [6.45, 7) is 0. The summed E-state index contributed by atoms with van der Waals surface area (Å²) in [5.41, 5.74) is 1.78. The Labute approximate surface area is 92.3 Å². The fourth-order valence-corrected chi connectivity index (χ4v) is 1.62. The molecular formula is C11H12N2O3. The van der Waals surface area contributed by atoms with Gasteiger partial charge in [-0.15, -0.1) is 0 Å². The second kappa shape index (κ2) is 4.32. The number of nitrogens with zero attached hydrogens (tertiary/aromatic N) is 2. The molecule has 1 unspecified atom stereocenters. The number of methoxy groups -OCH3 is 1. The van der Waals surface area contributed by atoms with E-state index in [0.29, 0.717) is 6.42 Å². The average Bonchev–Trinajstić information content (AvgIpc) is 2.69. The number of rotatable bonds is 4. The van der Waals surface area contributed by atoms with Gasteiger partial charge in [-0.1, -0.05) is 6.07 Å². The molecule has 5 nitrogen and oxygen atoms in total. The third kappa shape index (κ3) is 1.90. The van der Waals surface area contributed by atoms with Crippen LogP contribution in [0.2, 0.25) is 0 Å². The summed E-state index contributed by atoms with van der Waals surface area (Å²) in [5.74, 6) is -0.960. The van der Waals surface area contributed by atoms with Gasteiger partial charge in [0.15, 0.2) is 6.10 Å². The maximum Gasteiger partial charge on any atom is 0.333 e. The summed E-state index contributed by atoms with van der Waals surface area (Å²) in [6, 6.07) is 5.66. The highest BCUT2D eigenvalue weighted by Crippen LogP contribution is 2.13. The Hall–Kier alpha value is -1.88. The Morgan fingerprint density at radius 3 is 3.12 bits per heavy atom. The van der Waals surface area contributed by atoms with Gasteiger partial charge >= 0.3 is 5.97 Å². The maximum atomic E-state index is 10.8. The molecule has 5 heteroatoms. The second-order valence-corrected chi connectivity index (χ2v) is 3.47. The van der Waals surface area contributed by atoms with Crippen molar-refractivity contribution in [2.75, 3.05) is 7.11 Å². The van der Waals surface area contributed by atoms with Crippen molar-refractivity contribution in [3.8, 4) is 0 Å². The first-order valence-electron chi connectivity index (χ1n) is 4.89. The molecule has 0 aliphatic carbocycles. The lowest BCUT2D eigenvalue weighted by molar-refractivity contribution is -0.148. The molecule has 2 heterocycles. The van der Waals surface area contributed by atoms with Crippen LogP contribution < -0.4 is 0 Å². The van der Waals surface area contributed by atoms with Gasteiger partial charge in [0, 0.05) is 25.3 Å². The van der Waals surface area contributed by atoms with Gasteiger partial charge in [-0.2, -0.15) is 5.10 Å². The van der Waals surface area contributed by atoms with E-state index >= 15 is 0 Å². The lowest BCUT2D eigenvalue weighted by Crippen LogP contribution is -2.24. The molecule has 16 heavy (non-hydrogen) atoms. The number of aliphatic carboxylic acids is 1. The van der Waals surface area contributed by atoms with E-state index in [-0.39, 0.29) is 0 Å². The molecule has 2 rings (SSSR count). The highest BCUT2D eigenvalue weighted by atomic mass is 16.5. The minimum atomic E-state index is -0.960. The summed E-state index contributed by atoms with van der Waals surface area (Å²) in [5, 5.41) is 13.0. The van der Waals surface area contributed by atoms with Gasteiger partial charge in [-0.25, -0.2) is 9.31 Å². The van der Waals surface area contributed by atoms with Gasteiger partial charge in [0.05, 0.1) is 11.7 Å². The van der Waals surface area contributed by atoms with E-state index < -0.39 is 12.1 Å². The maximum absolute atomic E-state index is 10.8. The number of ether oxygens (including phenoxy) is 1. The number of aromatic nitrogens is 2. The molecule has 1 atom stereocenters. The van der Waals surface area contributed by atoms with Crippen molar-refractivity contribution in [2.24, 2.45) is 0 Å². The van der Waals surface area contributed by atoms with Crippen LogP contribution >= 0.6 is 0 Å². The lowest BCUT2D eigenvalue weighted by atomic mass is 10.1. The molecule has 0 aliphatic heterocycles. The smallest absolute Gasteiger partial charge is 0.333 e. The predicted octanol–water partition coefficient (Wildman–Crippen LogP) is 0.976. The molecule has 0 radical (unpaired) electrons. The largest absolute Gasteiger partial charge is 0.479 e. The van der Waals surface area contributed by atoms with Gasteiger partial charge < -0.3 is 9.84 Å². The first-order chi connectivity index (χ1) is 7.72. The topological polar surface area (TPSA) is 63.8 Å². The van der Waals surface area contributed by atoms with E-state index in [4.69, 9.17) is 9.84 Å². The first-order valence-corrected chi connectivity index (χ1v) is 4.89. The monoisotopic (exact) mass is 220 g/mol. The van der Waals surface area contributed by atoms with Crippen molar-refractivity contribution in [1.82, 2.24) is 9.61 Å². The third-order valence-corrected chi connectivity index (χ3v) is 2.47. The molecule has 84 valence electrons. The molecule has 0 saturated carbocycles. The Morgan fingerprint density at radius 1 is 1.62 bits per heavy atom. The summed E-state index contributed by atoms with van der Waals surface area (Å²) in [4.78, 5) is 10.8. The van der Waals surface area contributed by atoms with Gasteiger partial charge in [-0.3, -0.25) is 0 Å². The highest BCUT2D eigenvalue weighted by Gasteiger charge is 2.18. The minimum absolute atomic E-state index is 0.319. The van der Waals surface area contributed by atoms with E-state index in [1.54, 1.807) is 10.7 Å². The lowest BCUT2D eigenvalue weighted by Gasteiger charge is -2.08. The van der Waals surface area contributed by atoms with Crippen molar-refractivity contribution in [3.05, 3.63) is 36.2 Å². The van der Waals surface area contributed by atoms with Crippen LogP contribution in [0.1, 0.15) is 5.56 Å². The number of hydrogen-bond donors (Lipinski definition) is 1. The van der Waals surface area contributed by atoms with E-state index in [9.17, 15) is 4.79 Å². The Morgan fingerprint density at radius 2 is 2.44 bits per heavy atom. The quantitative estimate of drug-likeness (QED) is 0.834. The van der Waals surface area contributed by atoms with Crippen molar-refractivity contribution >= 4 is 11.5 Å². The van der Waals surface area contributed by atoms with Gasteiger partial charge in [0.2, 0.25) is 0 Å². The number of carbonyl (C=O) groups is 1. The number of hydrogen-bond acceptors (Lipinski definition) is 3. The molecule has 0 amide bonds. The zero-order chi connectivity index (χ0) is 11.5. The summed E-state index contributed by atoms with van der Waals surface area (Å²) >= 11 is 0. The minimum Gasteiger partial charge on any atom is -0.479 e. The van der Waals surface area contributed by atoms with Crippen molar-refractivity contribution in [1.29, 1.82) is 0 Å². The molecule has 2 aromatic rings. The Bertz CT molecular complexity index is 507. The van der Waals surface area contributed by atoms with E-state index in [1.807, 2.05) is 24.4 Å². The molecule has 2 aromatic heterocycles. The Balaban J connectivity index is 2.30. The predicted molar refractivity (Wildman–Crippen MR) is 57.3 cm³/mol. The van der Waals surface area contributed by atoms with Gasteiger partial charge in [-0.05, 0) is 12.1 Å². The van der Waals surface area contributed by atoms with Crippen molar-refractivity contribution in [2.45, 2.75) is 12.5 Å². The van der Waals surface area contributed by atoms with Crippen LogP contribution in [0.3, 0.4) is 0 Å². The molecule has 0 aliphatic rings. The zero-order valence-corrected chi connectivity index (χ0v) is 8.83. The SMILES string of the molecule is COC(Cc1cnn2ccccc12)C(=O)O. The molecule has 0 fully saturated rings. The fourth-order valence-electron chi connectivity index (χ4n) is 1.62. The van der Waals surface area contributed by atoms with E-state index in [2.05, 4.69) is 5.10 Å². The van der Waals surface area contributed by atoms with E-state index in [0.717, 1.165) is 11.1 Å².